The molecule has 0 unspecified atom stereocenters. The number of urea groups is 1. The lowest BCUT2D eigenvalue weighted by Crippen LogP contribution is -2.52. The van der Waals surface area contributed by atoms with Gasteiger partial charge in [-0.15, -0.1) is 0 Å². The van der Waals surface area contributed by atoms with E-state index in [1.807, 2.05) is 24.3 Å². The molecule has 6 nitrogen and oxygen atoms in total. The second-order valence-corrected chi connectivity index (χ2v) is 6.51. The van der Waals surface area contributed by atoms with Gasteiger partial charge in [-0.2, -0.15) is 5.26 Å². The Morgan fingerprint density at radius 2 is 1.92 bits per heavy atom. The number of rotatable bonds is 4. The van der Waals surface area contributed by atoms with Crippen LogP contribution in [0.15, 0.2) is 42.6 Å². The summed E-state index contributed by atoms with van der Waals surface area (Å²) in [5.41, 5.74) is 1.70. The van der Waals surface area contributed by atoms with Crippen LogP contribution in [-0.2, 0) is 6.42 Å². The highest BCUT2D eigenvalue weighted by atomic mass is 35.5. The van der Waals surface area contributed by atoms with Gasteiger partial charge in [0.2, 0.25) is 0 Å². The van der Waals surface area contributed by atoms with Crippen molar-refractivity contribution in [3.05, 3.63) is 58.7 Å². The summed E-state index contributed by atoms with van der Waals surface area (Å²) in [4.78, 5) is 20.5. The number of nitrogens with zero attached hydrogens (tertiary/aromatic N) is 4. The van der Waals surface area contributed by atoms with Crippen molar-refractivity contribution in [3.8, 4) is 6.07 Å². The first-order valence-electron chi connectivity index (χ1n) is 8.54. The zero-order valence-electron chi connectivity index (χ0n) is 14.4. The first-order valence-corrected chi connectivity index (χ1v) is 8.92. The van der Waals surface area contributed by atoms with E-state index in [0.29, 0.717) is 49.1 Å². The van der Waals surface area contributed by atoms with Crippen LogP contribution in [0.1, 0.15) is 11.1 Å². The molecule has 1 aliphatic rings. The third kappa shape index (κ3) is 4.44. The molecule has 0 spiro atoms. The van der Waals surface area contributed by atoms with Gasteiger partial charge in [0.25, 0.3) is 0 Å². The minimum absolute atomic E-state index is 0.0554. The average molecular weight is 370 g/mol. The number of halogens is 1. The number of hydrogen-bond acceptors (Lipinski definition) is 4. The highest BCUT2D eigenvalue weighted by Crippen LogP contribution is 2.18. The molecule has 26 heavy (non-hydrogen) atoms. The largest absolute Gasteiger partial charge is 0.352 e. The molecule has 7 heteroatoms. The summed E-state index contributed by atoms with van der Waals surface area (Å²) in [5, 5.41) is 12.9. The second-order valence-electron chi connectivity index (χ2n) is 6.07. The Morgan fingerprint density at radius 3 is 2.62 bits per heavy atom. The van der Waals surface area contributed by atoms with E-state index in [1.165, 1.54) is 0 Å². The summed E-state index contributed by atoms with van der Waals surface area (Å²) in [6, 6.07) is 13.3. The van der Waals surface area contributed by atoms with Crippen LogP contribution in [-0.4, -0.2) is 48.6 Å². The summed E-state index contributed by atoms with van der Waals surface area (Å²) in [6.45, 7) is 3.12. The second kappa shape index (κ2) is 8.54. The fourth-order valence-corrected chi connectivity index (χ4v) is 3.06. The standard InChI is InChI=1S/C19H20ClN5O/c20-17-5-3-15(4-6-17)7-9-23-19(26)25-12-10-24(11-13-25)18-16(14-21)2-1-8-22-18/h1-6,8H,7,9-13H2,(H,23,26). The predicted octanol–water partition coefficient (Wildman–Crippen LogP) is 2.68. The van der Waals surface area contributed by atoms with Gasteiger partial charge >= 0.3 is 6.03 Å². The van der Waals surface area contributed by atoms with Crippen LogP contribution in [0.3, 0.4) is 0 Å². The minimum Gasteiger partial charge on any atom is -0.352 e. The molecule has 0 aliphatic carbocycles. The van der Waals surface area contributed by atoms with E-state index in [0.717, 1.165) is 12.0 Å². The van der Waals surface area contributed by atoms with E-state index in [9.17, 15) is 10.1 Å². The van der Waals surface area contributed by atoms with E-state index in [-0.39, 0.29) is 6.03 Å². The Bertz CT molecular complexity index is 794. The van der Waals surface area contributed by atoms with Gasteiger partial charge in [-0.3, -0.25) is 0 Å². The van der Waals surface area contributed by atoms with Gasteiger partial charge in [-0.25, -0.2) is 9.78 Å². The average Bonchev–Trinajstić information content (AvgIpc) is 2.69. The Labute approximate surface area is 158 Å². The molecule has 3 rings (SSSR count). The first-order chi connectivity index (χ1) is 12.7. The Balaban J connectivity index is 1.46. The molecule has 134 valence electrons. The van der Waals surface area contributed by atoms with Gasteiger partial charge in [0, 0.05) is 43.9 Å². The number of carbonyl (C=O) groups is 1. The molecule has 2 aromatic rings. The molecule has 1 aromatic carbocycles. The molecule has 1 fully saturated rings. The number of nitrogens with one attached hydrogen (secondary N) is 1. The van der Waals surface area contributed by atoms with Crippen LogP contribution in [0, 0.1) is 11.3 Å². The van der Waals surface area contributed by atoms with E-state index in [4.69, 9.17) is 11.6 Å². The van der Waals surface area contributed by atoms with E-state index in [1.54, 1.807) is 23.2 Å². The Hall–Kier alpha value is -2.78. The van der Waals surface area contributed by atoms with E-state index >= 15 is 0 Å². The highest BCUT2D eigenvalue weighted by Gasteiger charge is 2.23. The molecule has 1 N–H and O–H groups in total. The molecule has 0 saturated carbocycles. The van der Waals surface area contributed by atoms with Gasteiger partial charge in [0.1, 0.15) is 11.9 Å². The van der Waals surface area contributed by atoms with Gasteiger partial charge < -0.3 is 15.1 Å². The van der Waals surface area contributed by atoms with Gasteiger partial charge in [0.05, 0.1) is 5.56 Å². The quantitative estimate of drug-likeness (QED) is 0.899. The summed E-state index contributed by atoms with van der Waals surface area (Å²) in [5.74, 6) is 0.692. The number of aromatic nitrogens is 1. The maximum atomic E-state index is 12.3. The lowest BCUT2D eigenvalue weighted by Gasteiger charge is -2.35. The molecule has 2 amide bonds. The highest BCUT2D eigenvalue weighted by molar-refractivity contribution is 6.30. The summed E-state index contributed by atoms with van der Waals surface area (Å²) in [6.07, 6.45) is 2.45. The van der Waals surface area contributed by atoms with Crippen LogP contribution < -0.4 is 10.2 Å². The number of anilines is 1. The molecule has 0 atom stereocenters. The maximum absolute atomic E-state index is 12.3. The summed E-state index contributed by atoms with van der Waals surface area (Å²) >= 11 is 5.87. The number of hydrogen-bond donors (Lipinski definition) is 1. The third-order valence-corrected chi connectivity index (χ3v) is 4.63. The molecular formula is C19H20ClN5O. The minimum atomic E-state index is -0.0554. The van der Waals surface area contributed by atoms with Crippen LogP contribution in [0.5, 0.6) is 0 Å². The molecule has 1 aliphatic heterocycles. The smallest absolute Gasteiger partial charge is 0.317 e. The van der Waals surface area contributed by atoms with Crippen molar-refractivity contribution in [2.45, 2.75) is 6.42 Å². The number of amides is 2. The molecule has 1 saturated heterocycles. The lowest BCUT2D eigenvalue weighted by atomic mass is 10.1. The summed E-state index contributed by atoms with van der Waals surface area (Å²) in [7, 11) is 0. The number of pyridine rings is 1. The van der Waals surface area contributed by atoms with Crippen molar-refractivity contribution in [2.24, 2.45) is 0 Å². The number of benzene rings is 1. The third-order valence-electron chi connectivity index (χ3n) is 4.38. The molecule has 1 aromatic heterocycles. The van der Waals surface area contributed by atoms with Crippen LogP contribution in [0.4, 0.5) is 10.6 Å². The van der Waals surface area contributed by atoms with Gasteiger partial charge in [0.15, 0.2) is 0 Å². The van der Waals surface area contributed by atoms with Crippen molar-refractivity contribution >= 4 is 23.4 Å². The fraction of sp³-hybridized carbons (Fsp3) is 0.316. The van der Waals surface area contributed by atoms with Crippen molar-refractivity contribution in [1.29, 1.82) is 5.26 Å². The summed E-state index contributed by atoms with van der Waals surface area (Å²) < 4.78 is 0. The normalized spacial score (nSPS) is 14.0. The van der Waals surface area contributed by atoms with Crippen molar-refractivity contribution in [2.75, 3.05) is 37.6 Å². The topological polar surface area (TPSA) is 72.3 Å². The predicted molar refractivity (Wildman–Crippen MR) is 101 cm³/mol. The zero-order valence-corrected chi connectivity index (χ0v) is 15.1. The molecule has 0 radical (unpaired) electrons. The number of nitriles is 1. The first kappa shape index (κ1) is 18.0. The Kier molecular flexibility index (Phi) is 5.92. The van der Waals surface area contributed by atoms with Gasteiger partial charge in [-0.05, 0) is 36.2 Å². The SMILES string of the molecule is N#Cc1cccnc1N1CCN(C(=O)NCCc2ccc(Cl)cc2)CC1. The van der Waals surface area contributed by atoms with Crippen molar-refractivity contribution in [1.82, 2.24) is 15.2 Å². The molecule has 2 heterocycles. The van der Waals surface area contributed by atoms with Crippen LogP contribution in [0.2, 0.25) is 5.02 Å². The Morgan fingerprint density at radius 1 is 1.19 bits per heavy atom. The van der Waals surface area contributed by atoms with Crippen LogP contribution >= 0.6 is 11.6 Å². The molecular weight excluding hydrogens is 350 g/mol. The number of piperazine rings is 1. The van der Waals surface area contributed by atoms with Crippen molar-refractivity contribution in [3.63, 3.8) is 0 Å². The van der Waals surface area contributed by atoms with Gasteiger partial charge in [-0.1, -0.05) is 23.7 Å². The fourth-order valence-electron chi connectivity index (χ4n) is 2.93. The zero-order chi connectivity index (χ0) is 18.4. The lowest BCUT2D eigenvalue weighted by molar-refractivity contribution is 0.194. The van der Waals surface area contributed by atoms with Crippen LogP contribution in [0.25, 0.3) is 0 Å². The van der Waals surface area contributed by atoms with E-state index < -0.39 is 0 Å². The monoisotopic (exact) mass is 369 g/mol. The van der Waals surface area contributed by atoms with E-state index in [2.05, 4.69) is 21.3 Å². The maximum Gasteiger partial charge on any atom is 0.317 e. The van der Waals surface area contributed by atoms with Crippen molar-refractivity contribution < 1.29 is 4.79 Å². The number of carbonyl (C=O) groups excluding carboxylic acids is 1. The molecule has 0 bridgehead atoms.